The third kappa shape index (κ3) is 4.83. The molecule has 3 aromatic rings. The van der Waals surface area contributed by atoms with E-state index < -0.39 is 0 Å². The Hall–Kier alpha value is -2.91. The number of para-hydroxylation sites is 1. The third-order valence-electron chi connectivity index (χ3n) is 4.65. The second kappa shape index (κ2) is 9.15. The van der Waals surface area contributed by atoms with Crippen LogP contribution < -0.4 is 4.74 Å². The van der Waals surface area contributed by atoms with Crippen LogP contribution in [0.4, 0.5) is 0 Å². The number of benzene rings is 3. The molecule has 0 aliphatic heterocycles. The molecule has 0 aromatic heterocycles. The number of carbonyl (C=O) groups excluding carboxylic acids is 1. The maximum absolute atomic E-state index is 13.2. The average molecular weight is 359 g/mol. The lowest BCUT2D eigenvalue weighted by Gasteiger charge is -2.22. The van der Waals surface area contributed by atoms with Crippen molar-refractivity contribution >= 4 is 5.78 Å². The fourth-order valence-corrected chi connectivity index (χ4v) is 3.39. The highest BCUT2D eigenvalue weighted by molar-refractivity contribution is 5.90. The molecule has 0 N–H and O–H groups in total. The van der Waals surface area contributed by atoms with Crippen molar-refractivity contribution in [3.8, 4) is 5.75 Å². The summed E-state index contributed by atoms with van der Waals surface area (Å²) in [5.41, 5.74) is 3.13. The molecule has 0 fully saturated rings. The summed E-state index contributed by atoms with van der Waals surface area (Å²) in [5.74, 6) is 0.775. The van der Waals surface area contributed by atoms with E-state index >= 15 is 0 Å². The number of carbonyl (C=O) groups is 1. The van der Waals surface area contributed by atoms with Crippen LogP contribution in [-0.4, -0.2) is 31.4 Å². The maximum Gasteiger partial charge on any atom is 0.158 e. The van der Waals surface area contributed by atoms with Gasteiger partial charge in [0.15, 0.2) is 5.78 Å². The monoisotopic (exact) mass is 359 g/mol. The number of hydrogen-bond donors (Lipinski definition) is 0. The molecule has 0 unspecified atom stereocenters. The van der Waals surface area contributed by atoms with E-state index in [0.29, 0.717) is 13.1 Å². The number of nitrogens with zero attached hydrogens (tertiary/aromatic N) is 1. The van der Waals surface area contributed by atoms with Gasteiger partial charge in [-0.05, 0) is 24.2 Å². The zero-order chi connectivity index (χ0) is 19.1. The normalized spacial score (nSPS) is 11.0. The SMILES string of the molecule is COc1ccccc1CN(C)CC(=O)C(c1ccccc1)c1ccccc1. The van der Waals surface area contributed by atoms with Crippen LogP contribution in [0.1, 0.15) is 22.6 Å². The molecule has 3 nitrogen and oxygen atoms in total. The molecule has 0 radical (unpaired) electrons. The van der Waals surface area contributed by atoms with Crippen molar-refractivity contribution in [2.45, 2.75) is 12.5 Å². The van der Waals surface area contributed by atoms with E-state index in [1.165, 1.54) is 0 Å². The van der Waals surface area contributed by atoms with Crippen LogP contribution in [-0.2, 0) is 11.3 Å². The lowest BCUT2D eigenvalue weighted by atomic mass is 9.87. The number of hydrogen-bond acceptors (Lipinski definition) is 3. The van der Waals surface area contributed by atoms with Crippen LogP contribution in [0.25, 0.3) is 0 Å². The number of likely N-dealkylation sites (N-methyl/N-ethyl adjacent to an activating group) is 1. The topological polar surface area (TPSA) is 29.5 Å². The van der Waals surface area contributed by atoms with Gasteiger partial charge in [0.2, 0.25) is 0 Å². The van der Waals surface area contributed by atoms with Gasteiger partial charge >= 0.3 is 0 Å². The van der Waals surface area contributed by atoms with Crippen LogP contribution in [0.15, 0.2) is 84.9 Å². The molecule has 0 saturated carbocycles. The van der Waals surface area contributed by atoms with Crippen LogP contribution in [0.5, 0.6) is 5.75 Å². The van der Waals surface area contributed by atoms with E-state index in [1.807, 2.05) is 96.9 Å². The van der Waals surface area contributed by atoms with E-state index in [2.05, 4.69) is 0 Å². The summed E-state index contributed by atoms with van der Waals surface area (Å²) in [4.78, 5) is 15.3. The molecule has 0 aliphatic carbocycles. The molecular formula is C24H25NO2. The Morgan fingerprint density at radius 2 is 1.37 bits per heavy atom. The molecule has 0 bridgehead atoms. The van der Waals surface area contributed by atoms with Crippen LogP contribution >= 0.6 is 0 Å². The van der Waals surface area contributed by atoms with E-state index in [1.54, 1.807) is 7.11 Å². The predicted molar refractivity (Wildman–Crippen MR) is 109 cm³/mol. The Kier molecular flexibility index (Phi) is 6.39. The fourth-order valence-electron chi connectivity index (χ4n) is 3.39. The Balaban J connectivity index is 1.78. The predicted octanol–water partition coefficient (Wildman–Crippen LogP) is 4.53. The number of methoxy groups -OCH3 is 1. The van der Waals surface area contributed by atoms with E-state index in [9.17, 15) is 4.79 Å². The van der Waals surface area contributed by atoms with Gasteiger partial charge in [-0.15, -0.1) is 0 Å². The first-order valence-electron chi connectivity index (χ1n) is 9.12. The molecule has 0 saturated heterocycles. The first kappa shape index (κ1) is 18.9. The summed E-state index contributed by atoms with van der Waals surface area (Å²) in [6.45, 7) is 1.03. The molecule has 27 heavy (non-hydrogen) atoms. The summed E-state index contributed by atoms with van der Waals surface area (Å²) in [7, 11) is 3.64. The minimum atomic E-state index is -0.257. The molecule has 0 atom stereocenters. The molecule has 3 aromatic carbocycles. The first-order chi connectivity index (χ1) is 13.2. The van der Waals surface area contributed by atoms with Gasteiger partial charge in [-0.25, -0.2) is 0 Å². The zero-order valence-electron chi connectivity index (χ0n) is 15.8. The summed E-state index contributed by atoms with van der Waals surface area (Å²) in [5, 5.41) is 0. The van der Waals surface area contributed by atoms with Crippen molar-refractivity contribution in [2.24, 2.45) is 0 Å². The van der Waals surface area contributed by atoms with Gasteiger partial charge in [-0.1, -0.05) is 78.9 Å². The highest BCUT2D eigenvalue weighted by atomic mass is 16.5. The van der Waals surface area contributed by atoms with Gasteiger partial charge in [0, 0.05) is 12.1 Å². The summed E-state index contributed by atoms with van der Waals surface area (Å²) in [6.07, 6.45) is 0. The quantitative estimate of drug-likeness (QED) is 0.592. The zero-order valence-corrected chi connectivity index (χ0v) is 15.8. The van der Waals surface area contributed by atoms with E-state index in [4.69, 9.17) is 4.74 Å². The largest absolute Gasteiger partial charge is 0.496 e. The summed E-state index contributed by atoms with van der Waals surface area (Å²) in [6, 6.07) is 27.9. The van der Waals surface area contributed by atoms with Gasteiger partial charge in [0.05, 0.1) is 19.6 Å². The standard InChI is InChI=1S/C24H25NO2/c1-25(17-21-15-9-10-16-23(21)27-2)18-22(26)24(19-11-5-3-6-12-19)20-13-7-4-8-14-20/h3-16,24H,17-18H2,1-2H3. The molecule has 138 valence electrons. The number of ether oxygens (including phenoxy) is 1. The van der Waals surface area contributed by atoms with Gasteiger partial charge in [0.25, 0.3) is 0 Å². The molecule has 0 spiro atoms. The molecule has 3 rings (SSSR count). The summed E-state index contributed by atoms with van der Waals surface area (Å²) >= 11 is 0. The third-order valence-corrected chi connectivity index (χ3v) is 4.65. The number of Topliss-reactive ketones (excluding diaryl/α,β-unsaturated/α-hetero) is 1. The highest BCUT2D eigenvalue weighted by Gasteiger charge is 2.23. The fraction of sp³-hybridized carbons (Fsp3) is 0.208. The van der Waals surface area contributed by atoms with Gasteiger partial charge in [-0.3, -0.25) is 9.69 Å². The maximum atomic E-state index is 13.2. The van der Waals surface area contributed by atoms with Crippen molar-refractivity contribution < 1.29 is 9.53 Å². The second-order valence-corrected chi connectivity index (χ2v) is 6.70. The lowest BCUT2D eigenvalue weighted by molar-refractivity contribution is -0.120. The summed E-state index contributed by atoms with van der Waals surface area (Å²) < 4.78 is 5.43. The minimum absolute atomic E-state index is 0.185. The molecular weight excluding hydrogens is 334 g/mol. The lowest BCUT2D eigenvalue weighted by Crippen LogP contribution is -2.29. The van der Waals surface area contributed by atoms with Crippen LogP contribution in [0.3, 0.4) is 0 Å². The Bertz CT molecular complexity index is 822. The Labute approximate surface area is 161 Å². The van der Waals surface area contributed by atoms with Crippen molar-refractivity contribution in [1.29, 1.82) is 0 Å². The van der Waals surface area contributed by atoms with E-state index in [-0.39, 0.29) is 11.7 Å². The minimum Gasteiger partial charge on any atom is -0.496 e. The molecule has 0 aliphatic rings. The van der Waals surface area contributed by atoms with Crippen molar-refractivity contribution in [1.82, 2.24) is 4.90 Å². The smallest absolute Gasteiger partial charge is 0.158 e. The Morgan fingerprint density at radius 1 is 0.852 bits per heavy atom. The van der Waals surface area contributed by atoms with E-state index in [0.717, 1.165) is 22.4 Å². The first-order valence-corrected chi connectivity index (χ1v) is 9.12. The molecule has 3 heteroatoms. The van der Waals surface area contributed by atoms with Crippen LogP contribution in [0, 0.1) is 0 Å². The van der Waals surface area contributed by atoms with Crippen molar-refractivity contribution in [3.05, 3.63) is 102 Å². The average Bonchev–Trinajstić information content (AvgIpc) is 2.70. The number of ketones is 1. The van der Waals surface area contributed by atoms with Gasteiger partial charge < -0.3 is 4.74 Å². The van der Waals surface area contributed by atoms with Crippen molar-refractivity contribution in [3.63, 3.8) is 0 Å². The van der Waals surface area contributed by atoms with Gasteiger partial charge in [0.1, 0.15) is 5.75 Å². The van der Waals surface area contributed by atoms with Crippen molar-refractivity contribution in [2.75, 3.05) is 20.7 Å². The molecule has 0 heterocycles. The Morgan fingerprint density at radius 3 is 1.93 bits per heavy atom. The highest BCUT2D eigenvalue weighted by Crippen LogP contribution is 2.26. The molecule has 0 amide bonds. The second-order valence-electron chi connectivity index (χ2n) is 6.70. The number of rotatable bonds is 8. The van der Waals surface area contributed by atoms with Crippen LogP contribution in [0.2, 0.25) is 0 Å². The van der Waals surface area contributed by atoms with Gasteiger partial charge in [-0.2, -0.15) is 0 Å².